The molecular weight excluding hydrogens is 130 g/mol. The van der Waals surface area contributed by atoms with Crippen molar-refractivity contribution in [2.75, 3.05) is 0 Å². The molecule has 0 heterocycles. The molecule has 1 fully saturated rings. The lowest BCUT2D eigenvalue weighted by molar-refractivity contribution is -0.433. The van der Waals surface area contributed by atoms with E-state index in [0.717, 1.165) is 12.8 Å². The van der Waals surface area contributed by atoms with Crippen molar-refractivity contribution >= 4 is 0 Å². The fourth-order valence-corrected chi connectivity index (χ4v) is 2.02. The van der Waals surface area contributed by atoms with Gasteiger partial charge in [-0.2, -0.15) is 0 Å². The highest BCUT2D eigenvalue weighted by atomic mass is 16.6. The van der Waals surface area contributed by atoms with Gasteiger partial charge in [-0.05, 0) is 31.3 Å². The van der Waals surface area contributed by atoms with Gasteiger partial charge in [-0.3, -0.25) is 10.1 Å². The third kappa shape index (κ3) is 0.664. The molecule has 0 aromatic rings. The van der Waals surface area contributed by atoms with Crippen molar-refractivity contribution in [3.8, 4) is 0 Å². The zero-order valence-corrected chi connectivity index (χ0v) is 5.62. The predicted octanol–water partition coefficient (Wildman–Crippen LogP) is 1.58. The van der Waals surface area contributed by atoms with Crippen molar-refractivity contribution in [1.29, 1.82) is 0 Å². The highest BCUT2D eigenvalue weighted by Crippen LogP contribution is 2.43. The Bertz CT molecular complexity index is 210. The van der Waals surface area contributed by atoms with Crippen LogP contribution in [0.3, 0.4) is 0 Å². The van der Waals surface area contributed by atoms with E-state index in [-0.39, 0.29) is 4.92 Å². The highest BCUT2D eigenvalue weighted by molar-refractivity contribution is 5.12. The molecule has 0 spiro atoms. The van der Waals surface area contributed by atoms with Gasteiger partial charge in [0, 0.05) is 0 Å². The van der Waals surface area contributed by atoms with Crippen LogP contribution < -0.4 is 0 Å². The first-order valence-electron chi connectivity index (χ1n) is 3.63. The number of rotatable bonds is 1. The molecule has 1 saturated carbocycles. The van der Waals surface area contributed by atoms with Crippen molar-refractivity contribution in [3.63, 3.8) is 0 Å². The van der Waals surface area contributed by atoms with E-state index in [1.54, 1.807) is 0 Å². The molecule has 2 aliphatic rings. The van der Waals surface area contributed by atoms with Crippen LogP contribution in [-0.2, 0) is 0 Å². The van der Waals surface area contributed by atoms with Gasteiger partial charge in [0.25, 0.3) is 0 Å². The van der Waals surface area contributed by atoms with Crippen molar-refractivity contribution in [2.24, 2.45) is 11.8 Å². The summed E-state index contributed by atoms with van der Waals surface area (Å²) in [6.07, 6.45) is 5.09. The first-order chi connectivity index (χ1) is 4.77. The first-order valence-corrected chi connectivity index (χ1v) is 3.63. The van der Waals surface area contributed by atoms with Crippen LogP contribution >= 0.6 is 0 Å². The molecule has 0 saturated heterocycles. The van der Waals surface area contributed by atoms with Crippen LogP contribution in [0.1, 0.15) is 19.3 Å². The number of hydrogen-bond donors (Lipinski definition) is 0. The summed E-state index contributed by atoms with van der Waals surface area (Å²) in [4.78, 5) is 10.1. The molecule has 0 aliphatic heterocycles. The first kappa shape index (κ1) is 5.89. The van der Waals surface area contributed by atoms with Crippen molar-refractivity contribution in [3.05, 3.63) is 21.9 Å². The summed E-state index contributed by atoms with van der Waals surface area (Å²) in [5.41, 5.74) is 0.483. The molecule has 2 rings (SSSR count). The van der Waals surface area contributed by atoms with Gasteiger partial charge in [0.15, 0.2) is 0 Å². The quantitative estimate of drug-likeness (QED) is 0.409. The average molecular weight is 139 g/mol. The summed E-state index contributed by atoms with van der Waals surface area (Å²) in [5, 5.41) is 10.3. The standard InChI is InChI=1S/C7H9NO2/c9-8(10)7-4-5-1-2-6(7)3-5/h4-6H,1-3H2/t5-,6+/m1/s1. The van der Waals surface area contributed by atoms with Crippen LogP contribution in [0.2, 0.25) is 0 Å². The molecular formula is C7H9NO2. The smallest absolute Gasteiger partial charge is 0.245 e. The maximum atomic E-state index is 10.3. The Kier molecular flexibility index (Phi) is 1.07. The fraction of sp³-hybridized carbons (Fsp3) is 0.714. The number of fused-ring (bicyclic) bond motifs is 2. The number of nitro groups is 1. The highest BCUT2D eigenvalue weighted by Gasteiger charge is 2.39. The van der Waals surface area contributed by atoms with Gasteiger partial charge >= 0.3 is 0 Å². The number of allylic oxidation sites excluding steroid dienone is 2. The number of hydrogen-bond acceptors (Lipinski definition) is 2. The Morgan fingerprint density at radius 1 is 1.60 bits per heavy atom. The second kappa shape index (κ2) is 1.81. The Morgan fingerprint density at radius 3 is 2.70 bits per heavy atom. The summed E-state index contributed by atoms with van der Waals surface area (Å²) >= 11 is 0. The summed E-state index contributed by atoms with van der Waals surface area (Å²) in [5.74, 6) is 0.824. The van der Waals surface area contributed by atoms with E-state index in [1.165, 1.54) is 6.42 Å². The van der Waals surface area contributed by atoms with E-state index in [0.29, 0.717) is 17.5 Å². The molecule has 54 valence electrons. The van der Waals surface area contributed by atoms with Crippen molar-refractivity contribution in [1.82, 2.24) is 0 Å². The Morgan fingerprint density at radius 2 is 2.40 bits per heavy atom. The largest absolute Gasteiger partial charge is 0.259 e. The third-order valence-electron chi connectivity index (χ3n) is 2.51. The second-order valence-corrected chi connectivity index (χ2v) is 3.12. The fourth-order valence-electron chi connectivity index (χ4n) is 2.02. The minimum Gasteiger partial charge on any atom is -0.259 e. The van der Waals surface area contributed by atoms with E-state index in [4.69, 9.17) is 0 Å². The van der Waals surface area contributed by atoms with Gasteiger partial charge in [0.2, 0.25) is 5.70 Å². The van der Waals surface area contributed by atoms with E-state index in [1.807, 2.05) is 6.08 Å². The topological polar surface area (TPSA) is 43.1 Å². The normalized spacial score (nSPS) is 36.2. The average Bonchev–Trinajstić information content (AvgIpc) is 2.44. The van der Waals surface area contributed by atoms with Crippen LogP contribution in [0.15, 0.2) is 11.8 Å². The van der Waals surface area contributed by atoms with Crippen molar-refractivity contribution < 1.29 is 4.92 Å². The molecule has 0 aromatic heterocycles. The van der Waals surface area contributed by atoms with E-state index in [9.17, 15) is 10.1 Å². The second-order valence-electron chi connectivity index (χ2n) is 3.12. The van der Waals surface area contributed by atoms with Crippen LogP contribution in [0.25, 0.3) is 0 Å². The molecule has 0 aromatic carbocycles. The summed E-state index contributed by atoms with van der Waals surface area (Å²) in [7, 11) is 0. The summed E-state index contributed by atoms with van der Waals surface area (Å²) < 4.78 is 0. The van der Waals surface area contributed by atoms with Crippen LogP contribution in [0, 0.1) is 22.0 Å². The maximum Gasteiger partial charge on any atom is 0.245 e. The van der Waals surface area contributed by atoms with E-state index in [2.05, 4.69) is 0 Å². The number of nitrogens with zero attached hydrogens (tertiary/aromatic N) is 1. The van der Waals surface area contributed by atoms with Crippen LogP contribution in [-0.4, -0.2) is 4.92 Å². The maximum absolute atomic E-state index is 10.3. The molecule has 3 heteroatoms. The Hall–Kier alpha value is -0.860. The molecule has 0 amide bonds. The zero-order chi connectivity index (χ0) is 7.14. The monoisotopic (exact) mass is 139 g/mol. The lowest BCUT2D eigenvalue weighted by Crippen LogP contribution is -2.06. The Labute approximate surface area is 58.9 Å². The third-order valence-corrected chi connectivity index (χ3v) is 2.51. The molecule has 0 N–H and O–H groups in total. The molecule has 0 radical (unpaired) electrons. The minimum atomic E-state index is -0.218. The predicted molar refractivity (Wildman–Crippen MR) is 35.9 cm³/mol. The summed E-state index contributed by atoms with van der Waals surface area (Å²) in [6.45, 7) is 0. The zero-order valence-electron chi connectivity index (χ0n) is 5.62. The van der Waals surface area contributed by atoms with E-state index < -0.39 is 0 Å². The molecule has 10 heavy (non-hydrogen) atoms. The van der Waals surface area contributed by atoms with Crippen molar-refractivity contribution in [2.45, 2.75) is 19.3 Å². The lowest BCUT2D eigenvalue weighted by Gasteiger charge is -2.02. The molecule has 2 bridgehead atoms. The van der Waals surface area contributed by atoms with Gasteiger partial charge in [-0.25, -0.2) is 0 Å². The van der Waals surface area contributed by atoms with Crippen LogP contribution in [0.5, 0.6) is 0 Å². The molecule has 3 nitrogen and oxygen atoms in total. The Balaban J connectivity index is 2.25. The van der Waals surface area contributed by atoms with Gasteiger partial charge in [0.1, 0.15) is 0 Å². The summed E-state index contributed by atoms with van der Waals surface area (Å²) in [6, 6.07) is 0. The van der Waals surface area contributed by atoms with E-state index >= 15 is 0 Å². The molecule has 2 aliphatic carbocycles. The van der Waals surface area contributed by atoms with Gasteiger partial charge < -0.3 is 0 Å². The SMILES string of the molecule is O=[N+]([O-])C1=C[C@@H]2CC[C@H]1C2. The minimum absolute atomic E-state index is 0.218. The lowest BCUT2D eigenvalue weighted by atomic mass is 10.1. The van der Waals surface area contributed by atoms with Gasteiger partial charge in [-0.15, -0.1) is 0 Å². The van der Waals surface area contributed by atoms with Crippen LogP contribution in [0.4, 0.5) is 0 Å². The van der Waals surface area contributed by atoms with Gasteiger partial charge in [0.05, 0.1) is 10.8 Å². The molecule has 2 atom stereocenters. The molecule has 0 unspecified atom stereocenters. The van der Waals surface area contributed by atoms with Gasteiger partial charge in [-0.1, -0.05) is 0 Å².